The molecular weight excluding hydrogens is 276 g/mol. The van der Waals surface area contributed by atoms with Crippen molar-refractivity contribution >= 4 is 17.5 Å². The first-order chi connectivity index (χ1) is 9.93. The minimum absolute atomic E-state index is 0.0336. The Kier molecular flexibility index (Phi) is 4.18. The van der Waals surface area contributed by atoms with Gasteiger partial charge in [-0.25, -0.2) is 0 Å². The molecule has 0 amide bonds. The Hall–Kier alpha value is -2.47. The molecule has 0 radical (unpaired) electrons. The molecule has 110 valence electrons. The highest BCUT2D eigenvalue weighted by Gasteiger charge is 2.29. The van der Waals surface area contributed by atoms with Gasteiger partial charge in [-0.1, -0.05) is 12.1 Å². The summed E-state index contributed by atoms with van der Waals surface area (Å²) in [4.78, 5) is 35.3. The van der Waals surface area contributed by atoms with Gasteiger partial charge >= 0.3 is 5.97 Å². The molecule has 2 rings (SSSR count). The number of benzene rings is 1. The van der Waals surface area contributed by atoms with Crippen LogP contribution in [0.1, 0.15) is 33.6 Å². The van der Waals surface area contributed by atoms with E-state index in [1.54, 1.807) is 0 Å². The Balaban J connectivity index is 2.23. The van der Waals surface area contributed by atoms with E-state index in [4.69, 9.17) is 0 Å². The maximum absolute atomic E-state index is 12.2. The number of allylic oxidation sites excluding steroid dienone is 1. The second kappa shape index (κ2) is 5.88. The number of rotatable bonds is 4. The molecule has 0 aromatic heterocycles. The Bertz CT molecular complexity index is 644. The van der Waals surface area contributed by atoms with E-state index in [0.29, 0.717) is 0 Å². The van der Waals surface area contributed by atoms with Gasteiger partial charge in [-0.15, -0.1) is 0 Å². The van der Waals surface area contributed by atoms with Crippen molar-refractivity contribution in [1.82, 2.24) is 0 Å². The molecule has 0 fully saturated rings. The summed E-state index contributed by atoms with van der Waals surface area (Å²) < 4.78 is 4.43. The van der Waals surface area contributed by atoms with Crippen LogP contribution in [-0.2, 0) is 9.53 Å². The van der Waals surface area contributed by atoms with Gasteiger partial charge in [-0.05, 0) is 12.1 Å². The molecule has 1 aliphatic carbocycles. The number of aliphatic hydroxyl groups is 1. The summed E-state index contributed by atoms with van der Waals surface area (Å²) in [7, 11) is 1.20. The highest BCUT2D eigenvalue weighted by molar-refractivity contribution is 6.25. The van der Waals surface area contributed by atoms with Gasteiger partial charge in [0.25, 0.3) is 0 Å². The molecule has 21 heavy (non-hydrogen) atoms. The van der Waals surface area contributed by atoms with Crippen molar-refractivity contribution in [3.63, 3.8) is 0 Å². The number of aliphatic hydroxyl groups excluding tert-OH is 1. The van der Waals surface area contributed by atoms with Crippen LogP contribution in [0.4, 0.5) is 0 Å². The smallest absolute Gasteiger partial charge is 0.308 e. The second-order valence-corrected chi connectivity index (χ2v) is 4.70. The number of hydrogen-bond acceptors (Lipinski definition) is 6. The van der Waals surface area contributed by atoms with Crippen molar-refractivity contribution in [2.75, 3.05) is 7.11 Å². The molecule has 6 heteroatoms. The lowest BCUT2D eigenvalue weighted by Gasteiger charge is -2.17. The quantitative estimate of drug-likeness (QED) is 0.803. The van der Waals surface area contributed by atoms with Crippen molar-refractivity contribution in [2.45, 2.75) is 18.9 Å². The van der Waals surface area contributed by atoms with Gasteiger partial charge < -0.3 is 14.9 Å². The van der Waals surface area contributed by atoms with Crippen LogP contribution in [-0.4, -0.2) is 41.0 Å². The molecule has 0 spiro atoms. The van der Waals surface area contributed by atoms with Crippen LogP contribution in [0.15, 0.2) is 29.8 Å². The summed E-state index contributed by atoms with van der Waals surface area (Å²) in [6, 6.07) is 4.23. The first-order valence-electron chi connectivity index (χ1n) is 6.30. The third kappa shape index (κ3) is 3.00. The summed E-state index contributed by atoms with van der Waals surface area (Å²) in [5, 5.41) is 19.4. The largest absolute Gasteiger partial charge is 0.507 e. The van der Waals surface area contributed by atoms with Crippen LogP contribution in [0.3, 0.4) is 0 Å². The Morgan fingerprint density at radius 3 is 2.71 bits per heavy atom. The fourth-order valence-electron chi connectivity index (χ4n) is 2.21. The first-order valence-corrected chi connectivity index (χ1v) is 6.30. The van der Waals surface area contributed by atoms with Gasteiger partial charge in [0.2, 0.25) is 0 Å². The lowest BCUT2D eigenvalue weighted by molar-refractivity contribution is -0.142. The standard InChI is InChI=1S/C15H14O6/c1-21-13(19)7-9(16)5-8-6-12(18)14-10(15(8)20)3-2-4-11(14)17/h2-4,6,9,16-17H,5,7H2,1H3. The number of methoxy groups -OCH3 is 1. The number of phenols is 1. The van der Waals surface area contributed by atoms with E-state index in [2.05, 4.69) is 4.74 Å². The van der Waals surface area contributed by atoms with Crippen molar-refractivity contribution in [2.24, 2.45) is 0 Å². The number of Topliss-reactive ketones (excluding diaryl/α,β-unsaturated/α-hetero) is 1. The van der Waals surface area contributed by atoms with E-state index >= 15 is 0 Å². The molecule has 0 heterocycles. The van der Waals surface area contributed by atoms with E-state index in [9.17, 15) is 24.6 Å². The molecule has 0 saturated carbocycles. The Labute approximate surface area is 120 Å². The normalized spacial score (nSPS) is 15.2. The third-order valence-electron chi connectivity index (χ3n) is 3.22. The molecule has 6 nitrogen and oxygen atoms in total. The zero-order valence-electron chi connectivity index (χ0n) is 11.3. The van der Waals surface area contributed by atoms with Crippen LogP contribution in [0.5, 0.6) is 5.75 Å². The molecule has 0 saturated heterocycles. The summed E-state index contributed by atoms with van der Waals surface area (Å²) in [6.07, 6.45) is -0.415. The van der Waals surface area contributed by atoms with E-state index in [1.807, 2.05) is 0 Å². The van der Waals surface area contributed by atoms with E-state index in [0.717, 1.165) is 6.08 Å². The van der Waals surface area contributed by atoms with Crippen molar-refractivity contribution in [3.8, 4) is 5.75 Å². The van der Waals surface area contributed by atoms with Gasteiger partial charge in [0.15, 0.2) is 11.6 Å². The van der Waals surface area contributed by atoms with Crippen LogP contribution in [0.2, 0.25) is 0 Å². The van der Waals surface area contributed by atoms with Gasteiger partial charge in [0, 0.05) is 17.6 Å². The molecule has 2 N–H and O–H groups in total. The van der Waals surface area contributed by atoms with E-state index < -0.39 is 23.6 Å². The summed E-state index contributed by atoms with van der Waals surface area (Å²) in [6.45, 7) is 0. The predicted molar refractivity (Wildman–Crippen MR) is 72.1 cm³/mol. The molecule has 1 atom stereocenters. The third-order valence-corrected chi connectivity index (χ3v) is 3.22. The highest BCUT2D eigenvalue weighted by atomic mass is 16.5. The maximum Gasteiger partial charge on any atom is 0.308 e. The number of ether oxygens (including phenoxy) is 1. The average Bonchev–Trinajstić information content (AvgIpc) is 2.43. The van der Waals surface area contributed by atoms with Crippen LogP contribution in [0.25, 0.3) is 0 Å². The topological polar surface area (TPSA) is 101 Å². The minimum Gasteiger partial charge on any atom is -0.507 e. The number of esters is 1. The number of phenolic OH excluding ortho intramolecular Hbond substituents is 1. The number of ketones is 2. The highest BCUT2D eigenvalue weighted by Crippen LogP contribution is 2.30. The zero-order chi connectivity index (χ0) is 15.6. The van der Waals surface area contributed by atoms with Crippen LogP contribution >= 0.6 is 0 Å². The molecule has 0 bridgehead atoms. The van der Waals surface area contributed by atoms with Crippen LogP contribution < -0.4 is 0 Å². The number of carbonyl (C=O) groups excluding carboxylic acids is 3. The molecule has 1 aromatic carbocycles. The number of hydrogen-bond donors (Lipinski definition) is 2. The van der Waals surface area contributed by atoms with E-state index in [-0.39, 0.29) is 35.3 Å². The monoisotopic (exact) mass is 290 g/mol. The second-order valence-electron chi connectivity index (χ2n) is 4.70. The van der Waals surface area contributed by atoms with Gasteiger partial charge in [-0.3, -0.25) is 14.4 Å². The molecule has 1 aliphatic rings. The SMILES string of the molecule is COC(=O)CC(O)CC1=CC(=O)c2c(O)cccc2C1=O. The van der Waals surface area contributed by atoms with Gasteiger partial charge in [-0.2, -0.15) is 0 Å². The van der Waals surface area contributed by atoms with Crippen molar-refractivity contribution < 1.29 is 29.3 Å². The number of carbonyl (C=O) groups is 3. The lowest BCUT2D eigenvalue weighted by atomic mass is 9.86. The average molecular weight is 290 g/mol. The Morgan fingerprint density at radius 2 is 2.05 bits per heavy atom. The Morgan fingerprint density at radius 1 is 1.33 bits per heavy atom. The first kappa shape index (κ1) is 14.9. The fraction of sp³-hybridized carbons (Fsp3) is 0.267. The number of aromatic hydroxyl groups is 1. The van der Waals surface area contributed by atoms with Crippen molar-refractivity contribution in [3.05, 3.63) is 41.0 Å². The summed E-state index contributed by atoms with van der Waals surface area (Å²) >= 11 is 0. The van der Waals surface area contributed by atoms with Crippen LogP contribution in [0, 0.1) is 0 Å². The zero-order valence-corrected chi connectivity index (χ0v) is 11.3. The molecule has 1 aromatic rings. The number of fused-ring (bicyclic) bond motifs is 1. The maximum atomic E-state index is 12.2. The van der Waals surface area contributed by atoms with Gasteiger partial charge in [0.1, 0.15) is 5.75 Å². The van der Waals surface area contributed by atoms with Gasteiger partial charge in [0.05, 0.1) is 25.2 Å². The molecular formula is C15H14O6. The lowest BCUT2D eigenvalue weighted by Crippen LogP contribution is -2.22. The summed E-state index contributed by atoms with van der Waals surface area (Å²) in [5.74, 6) is -1.79. The fourth-order valence-corrected chi connectivity index (χ4v) is 2.21. The summed E-state index contributed by atoms with van der Waals surface area (Å²) in [5.41, 5.74) is 0.172. The minimum atomic E-state index is -1.11. The van der Waals surface area contributed by atoms with E-state index in [1.165, 1.54) is 25.3 Å². The predicted octanol–water partition coefficient (Wildman–Crippen LogP) is 1.01. The molecule has 1 unspecified atom stereocenters. The van der Waals surface area contributed by atoms with Crippen molar-refractivity contribution in [1.29, 1.82) is 0 Å². The molecule has 0 aliphatic heterocycles.